The molecule has 1 atom stereocenters. The fraction of sp³-hybridized carbons (Fsp3) is 0.176. The number of carbonyl (C=O) groups is 2. The molecule has 0 aliphatic rings. The Morgan fingerprint density at radius 3 is 2.43 bits per heavy atom. The lowest BCUT2D eigenvalue weighted by atomic mass is 10.1. The number of halogens is 1. The molecule has 5 nitrogen and oxygen atoms in total. The van der Waals surface area contributed by atoms with Crippen molar-refractivity contribution in [3.8, 4) is 5.75 Å². The first kappa shape index (κ1) is 16.5. The van der Waals surface area contributed by atoms with Gasteiger partial charge in [0.05, 0.1) is 0 Å². The van der Waals surface area contributed by atoms with Crippen molar-refractivity contribution in [2.45, 2.75) is 20.0 Å². The lowest BCUT2D eigenvalue weighted by Crippen LogP contribution is -2.30. The van der Waals surface area contributed by atoms with Crippen LogP contribution in [-0.4, -0.2) is 23.1 Å². The average Bonchev–Trinajstić information content (AvgIpc) is 2.49. The first-order chi connectivity index (χ1) is 10.9. The van der Waals surface area contributed by atoms with Crippen LogP contribution in [0.25, 0.3) is 0 Å². The number of rotatable bonds is 4. The van der Waals surface area contributed by atoms with Crippen LogP contribution in [0, 0.1) is 12.7 Å². The maximum absolute atomic E-state index is 12.8. The van der Waals surface area contributed by atoms with Crippen LogP contribution in [0.3, 0.4) is 0 Å². The first-order valence-electron chi connectivity index (χ1n) is 6.94. The van der Waals surface area contributed by atoms with Gasteiger partial charge in [0.15, 0.2) is 6.10 Å². The Labute approximate surface area is 132 Å². The van der Waals surface area contributed by atoms with Gasteiger partial charge in [-0.25, -0.2) is 9.18 Å². The van der Waals surface area contributed by atoms with E-state index in [-0.39, 0.29) is 11.3 Å². The number of hydrogen-bond donors (Lipinski definition) is 2. The molecule has 0 bridgehead atoms. The Balaban J connectivity index is 2.00. The van der Waals surface area contributed by atoms with Gasteiger partial charge >= 0.3 is 5.97 Å². The molecule has 0 aliphatic heterocycles. The predicted octanol–water partition coefficient (Wildman–Crippen LogP) is 3.02. The summed E-state index contributed by atoms with van der Waals surface area (Å²) in [4.78, 5) is 23.9. The maximum atomic E-state index is 12.8. The van der Waals surface area contributed by atoms with Crippen molar-refractivity contribution in [2.24, 2.45) is 0 Å². The largest absolute Gasteiger partial charge is 0.507 e. The fourth-order valence-corrected chi connectivity index (χ4v) is 1.87. The second-order valence-electron chi connectivity index (χ2n) is 5.06. The molecule has 0 aromatic heterocycles. The lowest BCUT2D eigenvalue weighted by Gasteiger charge is -2.14. The van der Waals surface area contributed by atoms with Gasteiger partial charge < -0.3 is 15.2 Å². The summed E-state index contributed by atoms with van der Waals surface area (Å²) in [6.07, 6.45) is -1.08. The number of phenols is 1. The quantitative estimate of drug-likeness (QED) is 0.850. The van der Waals surface area contributed by atoms with Gasteiger partial charge in [-0.1, -0.05) is 6.07 Å². The van der Waals surface area contributed by atoms with Gasteiger partial charge in [-0.15, -0.1) is 0 Å². The number of carbonyl (C=O) groups excluding carboxylic acids is 2. The molecule has 0 radical (unpaired) electrons. The van der Waals surface area contributed by atoms with Crippen molar-refractivity contribution >= 4 is 17.6 Å². The number of esters is 1. The van der Waals surface area contributed by atoms with Crippen LogP contribution < -0.4 is 5.32 Å². The van der Waals surface area contributed by atoms with Gasteiger partial charge in [-0.3, -0.25) is 4.79 Å². The van der Waals surface area contributed by atoms with Crippen LogP contribution in [-0.2, 0) is 9.53 Å². The fourth-order valence-electron chi connectivity index (χ4n) is 1.87. The van der Waals surface area contributed by atoms with E-state index in [2.05, 4.69) is 5.32 Å². The number of aryl methyl sites for hydroxylation is 1. The van der Waals surface area contributed by atoms with E-state index in [4.69, 9.17) is 4.74 Å². The number of hydrogen-bond acceptors (Lipinski definition) is 4. The van der Waals surface area contributed by atoms with E-state index in [9.17, 15) is 19.1 Å². The van der Waals surface area contributed by atoms with Crippen molar-refractivity contribution in [3.63, 3.8) is 0 Å². The minimum absolute atomic E-state index is 0.0166. The molecular weight excluding hydrogens is 301 g/mol. The second kappa shape index (κ2) is 6.91. The SMILES string of the molecule is Cc1ccc(C(=O)O[C@@H](C)C(=O)Nc2ccc(F)cc2)c(O)c1. The average molecular weight is 317 g/mol. The van der Waals surface area contributed by atoms with Crippen molar-refractivity contribution in [1.29, 1.82) is 0 Å². The molecule has 0 saturated heterocycles. The highest BCUT2D eigenvalue weighted by atomic mass is 19.1. The van der Waals surface area contributed by atoms with Crippen LogP contribution >= 0.6 is 0 Å². The standard InChI is InChI=1S/C17H16FNO4/c1-10-3-8-14(15(20)9-10)17(22)23-11(2)16(21)19-13-6-4-12(18)5-7-13/h3-9,11,20H,1-2H3,(H,19,21)/t11-/m0/s1. The summed E-state index contributed by atoms with van der Waals surface area (Å²) in [5, 5.41) is 12.2. The molecule has 1 amide bonds. The van der Waals surface area contributed by atoms with Crippen LogP contribution in [0.5, 0.6) is 5.75 Å². The molecule has 2 N–H and O–H groups in total. The summed E-state index contributed by atoms with van der Waals surface area (Å²) < 4.78 is 17.8. The third-order valence-electron chi connectivity index (χ3n) is 3.14. The van der Waals surface area contributed by atoms with Crippen LogP contribution in [0.1, 0.15) is 22.8 Å². The minimum atomic E-state index is -1.08. The molecule has 0 unspecified atom stereocenters. The Morgan fingerprint density at radius 2 is 1.83 bits per heavy atom. The minimum Gasteiger partial charge on any atom is -0.507 e. The third kappa shape index (κ3) is 4.29. The van der Waals surface area contributed by atoms with E-state index >= 15 is 0 Å². The van der Waals surface area contributed by atoms with Gasteiger partial charge in [-0.05, 0) is 55.8 Å². The molecule has 0 aliphatic carbocycles. The molecule has 0 spiro atoms. The van der Waals surface area contributed by atoms with Crippen LogP contribution in [0.2, 0.25) is 0 Å². The van der Waals surface area contributed by atoms with Crippen molar-refractivity contribution in [3.05, 3.63) is 59.4 Å². The summed E-state index contributed by atoms with van der Waals surface area (Å²) in [5.41, 5.74) is 1.16. The Kier molecular flexibility index (Phi) is 4.95. The number of benzene rings is 2. The highest BCUT2D eigenvalue weighted by Crippen LogP contribution is 2.20. The van der Waals surface area contributed by atoms with E-state index in [1.807, 2.05) is 0 Å². The maximum Gasteiger partial charge on any atom is 0.342 e. The van der Waals surface area contributed by atoms with Crippen LogP contribution in [0.4, 0.5) is 10.1 Å². The molecule has 6 heteroatoms. The van der Waals surface area contributed by atoms with Crippen LogP contribution in [0.15, 0.2) is 42.5 Å². The summed E-state index contributed by atoms with van der Waals surface area (Å²) in [5.74, 6) is -1.99. The van der Waals surface area contributed by atoms with Gasteiger partial charge in [0, 0.05) is 5.69 Å². The number of ether oxygens (including phenoxy) is 1. The van der Waals surface area contributed by atoms with Crippen molar-refractivity contribution in [1.82, 2.24) is 0 Å². The zero-order valence-corrected chi connectivity index (χ0v) is 12.7. The number of aromatic hydroxyl groups is 1. The van der Waals surface area contributed by atoms with Gasteiger partial charge in [0.1, 0.15) is 17.1 Å². The zero-order valence-electron chi connectivity index (χ0n) is 12.7. The molecule has 2 rings (SSSR count). The molecule has 0 heterocycles. The second-order valence-corrected chi connectivity index (χ2v) is 5.06. The normalized spacial score (nSPS) is 11.6. The Bertz CT molecular complexity index is 728. The monoisotopic (exact) mass is 317 g/mol. The van der Waals surface area contributed by atoms with Crippen molar-refractivity contribution < 1.29 is 23.8 Å². The highest BCUT2D eigenvalue weighted by Gasteiger charge is 2.21. The number of phenolic OH excluding ortho intramolecular Hbond substituents is 1. The first-order valence-corrected chi connectivity index (χ1v) is 6.94. The molecule has 23 heavy (non-hydrogen) atoms. The van der Waals surface area contributed by atoms with E-state index in [0.29, 0.717) is 5.69 Å². The Morgan fingerprint density at radius 1 is 1.17 bits per heavy atom. The van der Waals surface area contributed by atoms with E-state index in [1.54, 1.807) is 13.0 Å². The zero-order chi connectivity index (χ0) is 17.0. The topological polar surface area (TPSA) is 75.6 Å². The van der Waals surface area contributed by atoms with Gasteiger partial charge in [-0.2, -0.15) is 0 Å². The van der Waals surface area contributed by atoms with Crippen molar-refractivity contribution in [2.75, 3.05) is 5.32 Å². The molecule has 0 saturated carbocycles. The smallest absolute Gasteiger partial charge is 0.342 e. The summed E-state index contributed by atoms with van der Waals surface area (Å²) >= 11 is 0. The number of nitrogens with one attached hydrogen (secondary N) is 1. The Hall–Kier alpha value is -2.89. The summed E-state index contributed by atoms with van der Waals surface area (Å²) in [7, 11) is 0. The molecule has 120 valence electrons. The van der Waals surface area contributed by atoms with Gasteiger partial charge in [0.2, 0.25) is 0 Å². The lowest BCUT2D eigenvalue weighted by molar-refractivity contribution is -0.123. The number of anilines is 1. The predicted molar refractivity (Wildman–Crippen MR) is 82.8 cm³/mol. The molecule has 2 aromatic carbocycles. The van der Waals surface area contributed by atoms with Gasteiger partial charge in [0.25, 0.3) is 5.91 Å². The summed E-state index contributed by atoms with van der Waals surface area (Å²) in [6.45, 7) is 3.18. The third-order valence-corrected chi connectivity index (χ3v) is 3.14. The molecule has 0 fully saturated rings. The molecular formula is C17H16FNO4. The molecule has 2 aromatic rings. The summed E-state index contributed by atoms with van der Waals surface area (Å²) in [6, 6.07) is 9.71. The van der Waals surface area contributed by atoms with E-state index in [0.717, 1.165) is 5.56 Å². The van der Waals surface area contributed by atoms with E-state index in [1.165, 1.54) is 43.3 Å². The number of amides is 1. The highest BCUT2D eigenvalue weighted by molar-refractivity contribution is 5.98. The van der Waals surface area contributed by atoms with E-state index < -0.39 is 23.8 Å².